The molecule has 0 aliphatic heterocycles. The summed E-state index contributed by atoms with van der Waals surface area (Å²) in [4.78, 5) is 25.0. The number of aliphatic carboxylic acids is 1. The van der Waals surface area contributed by atoms with E-state index in [1.165, 1.54) is 4.90 Å². The Hall–Kier alpha value is -1.55. The van der Waals surface area contributed by atoms with Gasteiger partial charge in [-0.05, 0) is 24.6 Å². The number of rotatable bonds is 7. The van der Waals surface area contributed by atoms with Gasteiger partial charge in [0.25, 0.3) is 0 Å². The Morgan fingerprint density at radius 2 is 2.05 bits per heavy atom. The predicted octanol–water partition coefficient (Wildman–Crippen LogP) is 3.73. The van der Waals surface area contributed by atoms with Crippen LogP contribution < -0.4 is 4.90 Å². The van der Waals surface area contributed by atoms with Crippen LogP contribution in [0.3, 0.4) is 0 Å². The number of carbonyl (C=O) groups excluding carboxylic acids is 1. The molecule has 20 heavy (non-hydrogen) atoms. The van der Waals surface area contributed by atoms with E-state index in [0.717, 1.165) is 12.8 Å². The van der Waals surface area contributed by atoms with Gasteiger partial charge < -0.3 is 5.11 Å². The monoisotopic (exact) mass is 297 g/mol. The van der Waals surface area contributed by atoms with Crippen LogP contribution in [0.15, 0.2) is 24.3 Å². The lowest BCUT2D eigenvalue weighted by Gasteiger charge is -2.29. The second kappa shape index (κ2) is 7.90. The summed E-state index contributed by atoms with van der Waals surface area (Å²) in [5.41, 5.74) is 0.535. The van der Waals surface area contributed by atoms with Crippen molar-refractivity contribution in [2.24, 2.45) is 0 Å². The fraction of sp³-hybridized carbons (Fsp3) is 0.467. The van der Waals surface area contributed by atoms with Gasteiger partial charge in [-0.25, -0.2) is 4.79 Å². The molecule has 0 aromatic heterocycles. The molecule has 0 saturated carbocycles. The third-order valence-electron chi connectivity index (χ3n) is 3.09. The number of carboxylic acids is 1. The van der Waals surface area contributed by atoms with Crippen molar-refractivity contribution in [3.63, 3.8) is 0 Å². The molecule has 0 radical (unpaired) electrons. The van der Waals surface area contributed by atoms with E-state index in [9.17, 15) is 14.7 Å². The molecule has 0 spiro atoms. The maximum atomic E-state index is 12.2. The Balaban J connectivity index is 3.15. The Labute approximate surface area is 124 Å². The molecule has 4 nitrogen and oxygen atoms in total. The van der Waals surface area contributed by atoms with Crippen molar-refractivity contribution in [1.29, 1.82) is 0 Å². The first-order valence-electron chi connectivity index (χ1n) is 6.81. The van der Waals surface area contributed by atoms with E-state index in [1.54, 1.807) is 31.2 Å². The highest BCUT2D eigenvalue weighted by atomic mass is 35.5. The summed E-state index contributed by atoms with van der Waals surface area (Å²) in [6.45, 7) is 3.71. The summed E-state index contributed by atoms with van der Waals surface area (Å²) in [6, 6.07) is 5.90. The van der Waals surface area contributed by atoms with Crippen LogP contribution in [0.4, 0.5) is 5.69 Å². The standard InChI is InChI=1S/C15H20ClNO3/c1-3-5-9-13(15(19)20)17(14(18)4-2)12-8-6-7-11(16)10-12/h6-8,10,13H,3-5,9H2,1-2H3,(H,19,20). The van der Waals surface area contributed by atoms with Crippen LogP contribution in [-0.2, 0) is 9.59 Å². The van der Waals surface area contributed by atoms with Gasteiger partial charge in [-0.1, -0.05) is 44.4 Å². The number of nitrogens with zero attached hydrogens (tertiary/aromatic N) is 1. The number of benzene rings is 1. The highest BCUT2D eigenvalue weighted by Gasteiger charge is 2.29. The molecule has 0 aliphatic rings. The zero-order valence-corrected chi connectivity index (χ0v) is 12.6. The minimum absolute atomic E-state index is 0.212. The summed E-state index contributed by atoms with van der Waals surface area (Å²) < 4.78 is 0. The van der Waals surface area contributed by atoms with Crippen molar-refractivity contribution in [3.05, 3.63) is 29.3 Å². The lowest BCUT2D eigenvalue weighted by Crippen LogP contribution is -2.45. The van der Waals surface area contributed by atoms with Gasteiger partial charge in [0.15, 0.2) is 0 Å². The second-order valence-electron chi connectivity index (χ2n) is 4.59. The first-order valence-corrected chi connectivity index (χ1v) is 7.19. The first kappa shape index (κ1) is 16.5. The highest BCUT2D eigenvalue weighted by molar-refractivity contribution is 6.31. The summed E-state index contributed by atoms with van der Waals surface area (Å²) in [7, 11) is 0. The number of anilines is 1. The van der Waals surface area contributed by atoms with E-state index in [1.807, 2.05) is 6.92 Å². The van der Waals surface area contributed by atoms with Crippen molar-refractivity contribution >= 4 is 29.2 Å². The van der Waals surface area contributed by atoms with Crippen molar-refractivity contribution in [2.75, 3.05) is 4.90 Å². The minimum atomic E-state index is -0.986. The van der Waals surface area contributed by atoms with Crippen molar-refractivity contribution in [1.82, 2.24) is 0 Å². The fourth-order valence-electron chi connectivity index (χ4n) is 2.05. The third kappa shape index (κ3) is 4.23. The molecular formula is C15H20ClNO3. The van der Waals surface area contributed by atoms with Crippen LogP contribution in [0.5, 0.6) is 0 Å². The number of carboxylic acid groups (broad SMARTS) is 1. The van der Waals surface area contributed by atoms with Gasteiger partial charge in [0, 0.05) is 17.1 Å². The Bertz CT molecular complexity index is 476. The highest BCUT2D eigenvalue weighted by Crippen LogP contribution is 2.24. The normalized spacial score (nSPS) is 11.9. The Morgan fingerprint density at radius 1 is 1.35 bits per heavy atom. The van der Waals surface area contributed by atoms with E-state index in [-0.39, 0.29) is 12.3 Å². The topological polar surface area (TPSA) is 57.6 Å². The zero-order valence-electron chi connectivity index (χ0n) is 11.8. The van der Waals surface area contributed by atoms with Crippen LogP contribution in [-0.4, -0.2) is 23.0 Å². The molecule has 1 N–H and O–H groups in total. The minimum Gasteiger partial charge on any atom is -0.480 e. The SMILES string of the molecule is CCCCC(C(=O)O)N(C(=O)CC)c1cccc(Cl)c1. The lowest BCUT2D eigenvalue weighted by molar-refractivity contribution is -0.140. The fourth-order valence-corrected chi connectivity index (χ4v) is 2.24. The first-order chi connectivity index (χ1) is 9.51. The average molecular weight is 298 g/mol. The quantitative estimate of drug-likeness (QED) is 0.834. The summed E-state index contributed by atoms with van der Waals surface area (Å²) in [5, 5.41) is 9.90. The second-order valence-corrected chi connectivity index (χ2v) is 5.03. The van der Waals surface area contributed by atoms with Crippen molar-refractivity contribution in [2.45, 2.75) is 45.6 Å². The predicted molar refractivity (Wildman–Crippen MR) is 80.2 cm³/mol. The molecule has 1 rings (SSSR count). The molecule has 1 aromatic carbocycles. The number of hydrogen-bond donors (Lipinski definition) is 1. The van der Waals surface area contributed by atoms with E-state index in [0.29, 0.717) is 17.1 Å². The van der Waals surface area contributed by atoms with Gasteiger partial charge in [-0.15, -0.1) is 0 Å². The van der Waals surface area contributed by atoms with Crippen LogP contribution in [0.2, 0.25) is 5.02 Å². The Morgan fingerprint density at radius 3 is 2.55 bits per heavy atom. The maximum absolute atomic E-state index is 12.2. The van der Waals surface area contributed by atoms with Crippen LogP contribution in [0, 0.1) is 0 Å². The molecule has 1 aromatic rings. The van der Waals surface area contributed by atoms with Crippen LogP contribution >= 0.6 is 11.6 Å². The van der Waals surface area contributed by atoms with E-state index >= 15 is 0 Å². The van der Waals surface area contributed by atoms with Crippen molar-refractivity contribution in [3.8, 4) is 0 Å². The number of amides is 1. The molecule has 0 bridgehead atoms. The molecule has 5 heteroatoms. The smallest absolute Gasteiger partial charge is 0.326 e. The van der Waals surface area contributed by atoms with Gasteiger partial charge in [0.05, 0.1) is 0 Å². The summed E-state index contributed by atoms with van der Waals surface area (Å²) >= 11 is 5.94. The maximum Gasteiger partial charge on any atom is 0.326 e. The number of hydrogen-bond acceptors (Lipinski definition) is 2. The summed E-state index contributed by atoms with van der Waals surface area (Å²) in [6.07, 6.45) is 2.32. The van der Waals surface area contributed by atoms with Gasteiger partial charge in [0.2, 0.25) is 5.91 Å². The molecule has 1 unspecified atom stereocenters. The lowest BCUT2D eigenvalue weighted by atomic mass is 10.1. The zero-order chi connectivity index (χ0) is 15.1. The van der Waals surface area contributed by atoms with Gasteiger partial charge in [0.1, 0.15) is 6.04 Å². The third-order valence-corrected chi connectivity index (χ3v) is 3.32. The molecule has 0 saturated heterocycles. The molecule has 0 aliphatic carbocycles. The van der Waals surface area contributed by atoms with E-state index in [4.69, 9.17) is 11.6 Å². The van der Waals surface area contributed by atoms with Crippen LogP contribution in [0.25, 0.3) is 0 Å². The van der Waals surface area contributed by atoms with Gasteiger partial charge in [-0.3, -0.25) is 9.69 Å². The van der Waals surface area contributed by atoms with E-state index in [2.05, 4.69) is 0 Å². The molecule has 0 heterocycles. The molecule has 110 valence electrons. The number of carbonyl (C=O) groups is 2. The number of halogens is 1. The van der Waals surface area contributed by atoms with E-state index < -0.39 is 12.0 Å². The van der Waals surface area contributed by atoms with Crippen LogP contribution in [0.1, 0.15) is 39.5 Å². The van der Waals surface area contributed by atoms with Gasteiger partial charge >= 0.3 is 5.97 Å². The molecular weight excluding hydrogens is 278 g/mol. The van der Waals surface area contributed by atoms with Gasteiger partial charge in [-0.2, -0.15) is 0 Å². The number of unbranched alkanes of at least 4 members (excludes halogenated alkanes) is 1. The molecule has 1 atom stereocenters. The molecule has 0 fully saturated rings. The molecule has 1 amide bonds. The Kier molecular flexibility index (Phi) is 6.52. The largest absolute Gasteiger partial charge is 0.480 e. The average Bonchev–Trinajstić information content (AvgIpc) is 2.42. The van der Waals surface area contributed by atoms with Crippen molar-refractivity contribution < 1.29 is 14.7 Å². The summed E-state index contributed by atoms with van der Waals surface area (Å²) in [5.74, 6) is -1.20.